The minimum atomic E-state index is -0.286. The molecular formula is C24H19ClN4S. The maximum Gasteiger partial charge on any atom is 0.197 e. The van der Waals surface area contributed by atoms with Crippen LogP contribution in [-0.4, -0.2) is 20.0 Å². The minimum absolute atomic E-state index is 0.286. The van der Waals surface area contributed by atoms with Gasteiger partial charge in [-0.1, -0.05) is 83.5 Å². The molecule has 0 radical (unpaired) electrons. The van der Waals surface area contributed by atoms with Crippen molar-refractivity contribution in [2.75, 3.05) is 0 Å². The highest BCUT2D eigenvalue weighted by molar-refractivity contribution is 8.00. The Balaban J connectivity index is 1.70. The molecule has 1 atom stereocenters. The Labute approximate surface area is 185 Å². The zero-order chi connectivity index (χ0) is 20.9. The second-order valence-electron chi connectivity index (χ2n) is 6.91. The summed E-state index contributed by atoms with van der Waals surface area (Å²) < 4.78 is 1.98. The number of hydrogen-bond donors (Lipinski definition) is 0. The Morgan fingerprint density at radius 2 is 1.67 bits per heavy atom. The molecule has 1 heterocycles. The fourth-order valence-corrected chi connectivity index (χ4v) is 4.22. The van der Waals surface area contributed by atoms with Crippen LogP contribution in [0.15, 0.2) is 84.0 Å². The van der Waals surface area contributed by atoms with Crippen molar-refractivity contribution in [3.8, 4) is 23.1 Å². The number of thioether (sulfide) groups is 1. The quantitative estimate of drug-likeness (QED) is 0.345. The van der Waals surface area contributed by atoms with Crippen LogP contribution in [0.25, 0.3) is 17.1 Å². The van der Waals surface area contributed by atoms with Crippen LogP contribution in [0, 0.1) is 18.3 Å². The van der Waals surface area contributed by atoms with Crippen molar-refractivity contribution in [3.05, 3.63) is 95.0 Å². The monoisotopic (exact) mass is 430 g/mol. The van der Waals surface area contributed by atoms with Crippen molar-refractivity contribution in [2.45, 2.75) is 23.8 Å². The topological polar surface area (TPSA) is 54.5 Å². The minimum Gasteiger partial charge on any atom is -0.270 e. The predicted molar refractivity (Wildman–Crippen MR) is 122 cm³/mol. The van der Waals surface area contributed by atoms with Gasteiger partial charge in [0.2, 0.25) is 0 Å². The zero-order valence-electron chi connectivity index (χ0n) is 16.4. The van der Waals surface area contributed by atoms with Crippen LogP contribution >= 0.6 is 23.4 Å². The van der Waals surface area contributed by atoms with Crippen LogP contribution in [0.3, 0.4) is 0 Å². The van der Waals surface area contributed by atoms with Gasteiger partial charge in [0, 0.05) is 16.3 Å². The summed E-state index contributed by atoms with van der Waals surface area (Å²) in [5, 5.41) is 19.7. The van der Waals surface area contributed by atoms with Crippen molar-refractivity contribution in [1.29, 1.82) is 5.26 Å². The number of nitrogens with zero attached hydrogens (tertiary/aromatic N) is 4. The van der Waals surface area contributed by atoms with Gasteiger partial charge >= 0.3 is 0 Å². The number of rotatable bonds is 6. The molecule has 4 rings (SSSR count). The van der Waals surface area contributed by atoms with E-state index in [0.29, 0.717) is 16.6 Å². The Bertz CT molecular complexity index is 1160. The number of aryl methyl sites for hydroxylation is 1. The Morgan fingerprint density at radius 1 is 0.967 bits per heavy atom. The maximum absolute atomic E-state index is 9.78. The highest BCUT2D eigenvalue weighted by atomic mass is 35.5. The summed E-state index contributed by atoms with van der Waals surface area (Å²) in [5.74, 6) is 0.729. The predicted octanol–water partition coefficient (Wildman–Crippen LogP) is 6.12. The zero-order valence-corrected chi connectivity index (χ0v) is 17.9. The molecule has 30 heavy (non-hydrogen) atoms. The van der Waals surface area contributed by atoms with Gasteiger partial charge in [0.1, 0.15) is 5.25 Å². The number of nitriles is 1. The van der Waals surface area contributed by atoms with Gasteiger partial charge in [-0.05, 0) is 43.2 Å². The van der Waals surface area contributed by atoms with Crippen LogP contribution in [0.4, 0.5) is 0 Å². The van der Waals surface area contributed by atoms with E-state index in [4.69, 9.17) is 11.6 Å². The lowest BCUT2D eigenvalue weighted by molar-refractivity contribution is 0.877. The molecule has 0 aliphatic heterocycles. The van der Waals surface area contributed by atoms with Crippen LogP contribution in [0.2, 0.25) is 5.02 Å². The number of halogens is 1. The van der Waals surface area contributed by atoms with Crippen molar-refractivity contribution >= 4 is 23.4 Å². The first kappa shape index (κ1) is 20.2. The molecule has 4 nitrogen and oxygen atoms in total. The molecule has 148 valence electrons. The van der Waals surface area contributed by atoms with Crippen molar-refractivity contribution in [3.63, 3.8) is 0 Å². The van der Waals surface area contributed by atoms with Gasteiger partial charge in [0.15, 0.2) is 11.0 Å². The third-order valence-corrected chi connectivity index (χ3v) is 5.97. The molecule has 0 bridgehead atoms. The van der Waals surface area contributed by atoms with Gasteiger partial charge in [-0.15, -0.1) is 10.2 Å². The van der Waals surface area contributed by atoms with Crippen LogP contribution in [0.1, 0.15) is 11.1 Å². The van der Waals surface area contributed by atoms with Gasteiger partial charge < -0.3 is 0 Å². The fourth-order valence-electron chi connectivity index (χ4n) is 3.12. The molecule has 0 fully saturated rings. The van der Waals surface area contributed by atoms with Gasteiger partial charge in [-0.2, -0.15) is 5.26 Å². The van der Waals surface area contributed by atoms with E-state index < -0.39 is 0 Å². The van der Waals surface area contributed by atoms with E-state index in [2.05, 4.69) is 47.5 Å². The molecule has 0 N–H and O–H groups in total. The Morgan fingerprint density at radius 3 is 2.33 bits per heavy atom. The van der Waals surface area contributed by atoms with Gasteiger partial charge in [0.05, 0.1) is 6.07 Å². The summed E-state index contributed by atoms with van der Waals surface area (Å²) in [4.78, 5) is 0. The van der Waals surface area contributed by atoms with E-state index in [1.165, 1.54) is 17.3 Å². The normalized spacial score (nSPS) is 11.8. The van der Waals surface area contributed by atoms with E-state index in [1.807, 2.05) is 59.2 Å². The lowest BCUT2D eigenvalue weighted by Crippen LogP contribution is -2.07. The van der Waals surface area contributed by atoms with Crippen LogP contribution in [-0.2, 0) is 6.42 Å². The van der Waals surface area contributed by atoms with E-state index in [0.717, 1.165) is 22.6 Å². The Kier molecular flexibility index (Phi) is 6.18. The second-order valence-corrected chi connectivity index (χ2v) is 8.52. The van der Waals surface area contributed by atoms with E-state index in [-0.39, 0.29) is 5.25 Å². The molecule has 0 aliphatic carbocycles. The first-order valence-electron chi connectivity index (χ1n) is 9.52. The lowest BCUT2D eigenvalue weighted by atomic mass is 10.1. The molecule has 0 saturated carbocycles. The number of hydrogen-bond acceptors (Lipinski definition) is 4. The smallest absolute Gasteiger partial charge is 0.197 e. The standard InChI is InChI=1S/C24H19ClN4S/c1-17-7-9-18(10-8-17)15-22(16-26)30-24-28-27-23(19-5-3-2-4-6-19)29(24)21-13-11-20(25)12-14-21/h2-14,22H,15H2,1H3/t22-/m0/s1. The van der Waals surface area contributed by atoms with E-state index >= 15 is 0 Å². The summed E-state index contributed by atoms with van der Waals surface area (Å²) in [5.41, 5.74) is 4.19. The largest absolute Gasteiger partial charge is 0.270 e. The van der Waals surface area contributed by atoms with E-state index in [9.17, 15) is 5.26 Å². The van der Waals surface area contributed by atoms with Gasteiger partial charge in [-0.3, -0.25) is 4.57 Å². The summed E-state index contributed by atoms with van der Waals surface area (Å²) in [6.45, 7) is 2.06. The Hall–Kier alpha value is -3.07. The molecule has 1 aromatic heterocycles. The van der Waals surface area contributed by atoms with Crippen molar-refractivity contribution in [2.24, 2.45) is 0 Å². The highest BCUT2D eigenvalue weighted by Crippen LogP contribution is 2.31. The summed E-state index contributed by atoms with van der Waals surface area (Å²) >= 11 is 7.51. The maximum atomic E-state index is 9.78. The fraction of sp³-hybridized carbons (Fsp3) is 0.125. The third kappa shape index (κ3) is 4.56. The first-order valence-corrected chi connectivity index (χ1v) is 10.8. The number of benzene rings is 3. The average molecular weight is 431 g/mol. The molecule has 6 heteroatoms. The van der Waals surface area contributed by atoms with Crippen molar-refractivity contribution < 1.29 is 0 Å². The van der Waals surface area contributed by atoms with Gasteiger partial charge in [-0.25, -0.2) is 0 Å². The molecular weight excluding hydrogens is 412 g/mol. The molecule has 4 aromatic rings. The molecule has 0 unspecified atom stereocenters. The molecule has 0 aliphatic rings. The average Bonchev–Trinajstić information content (AvgIpc) is 3.19. The molecule has 0 spiro atoms. The second kappa shape index (κ2) is 9.17. The van der Waals surface area contributed by atoms with Crippen LogP contribution in [0.5, 0.6) is 0 Å². The summed E-state index contributed by atoms with van der Waals surface area (Å²) in [6.07, 6.45) is 0.635. The molecule has 0 amide bonds. The van der Waals surface area contributed by atoms with Crippen LogP contribution < -0.4 is 0 Å². The lowest BCUT2D eigenvalue weighted by Gasteiger charge is -2.13. The molecule has 3 aromatic carbocycles. The highest BCUT2D eigenvalue weighted by Gasteiger charge is 2.20. The van der Waals surface area contributed by atoms with E-state index in [1.54, 1.807) is 0 Å². The third-order valence-electron chi connectivity index (χ3n) is 4.68. The van der Waals surface area contributed by atoms with Crippen molar-refractivity contribution in [1.82, 2.24) is 14.8 Å². The SMILES string of the molecule is Cc1ccc(C[C@@H](C#N)Sc2nnc(-c3ccccc3)n2-c2ccc(Cl)cc2)cc1. The number of aromatic nitrogens is 3. The first-order chi connectivity index (χ1) is 14.6. The summed E-state index contributed by atoms with van der Waals surface area (Å²) in [7, 11) is 0. The van der Waals surface area contributed by atoms with Gasteiger partial charge in [0.25, 0.3) is 0 Å². The molecule has 0 saturated heterocycles. The summed E-state index contributed by atoms with van der Waals surface area (Å²) in [6, 6.07) is 28.1.